The van der Waals surface area contributed by atoms with Crippen molar-refractivity contribution in [1.29, 1.82) is 0 Å². The Kier molecular flexibility index (Phi) is 5.14. The summed E-state index contributed by atoms with van der Waals surface area (Å²) in [6.07, 6.45) is -2.24. The summed E-state index contributed by atoms with van der Waals surface area (Å²) in [5, 5.41) is 10.4. The first-order chi connectivity index (χ1) is 9.59. The van der Waals surface area contributed by atoms with Crippen molar-refractivity contribution < 1.29 is 24.1 Å². The number of fused-ring (bicyclic) bond motifs is 1. The molecule has 0 aromatic carbocycles. The van der Waals surface area contributed by atoms with Gasteiger partial charge in [0.15, 0.2) is 12.1 Å². The molecular weight excluding hydrogens is 290 g/mol. The van der Waals surface area contributed by atoms with E-state index in [2.05, 4.69) is 19.6 Å². The van der Waals surface area contributed by atoms with Crippen LogP contribution >= 0.6 is 0 Å². The van der Waals surface area contributed by atoms with E-state index in [1.807, 2.05) is 13.8 Å². The van der Waals surface area contributed by atoms with Crippen LogP contribution in [0.5, 0.6) is 0 Å². The lowest BCUT2D eigenvalue weighted by atomic mass is 9.96. The van der Waals surface area contributed by atoms with E-state index in [1.54, 1.807) is 0 Å². The maximum absolute atomic E-state index is 10.4. The van der Waals surface area contributed by atoms with Gasteiger partial charge in [0.05, 0.1) is 12.6 Å². The lowest BCUT2D eigenvalue weighted by molar-refractivity contribution is -0.366. The highest BCUT2D eigenvalue weighted by Gasteiger charge is 2.49. The highest BCUT2D eigenvalue weighted by molar-refractivity contribution is 6.76. The molecule has 1 unspecified atom stereocenters. The van der Waals surface area contributed by atoms with Crippen LogP contribution in [0, 0.1) is 0 Å². The fourth-order valence-electron chi connectivity index (χ4n) is 2.50. The Balaban J connectivity index is 1.92. The summed E-state index contributed by atoms with van der Waals surface area (Å²) in [6.45, 7) is 11.5. The van der Waals surface area contributed by atoms with Gasteiger partial charge in [0.25, 0.3) is 0 Å². The Morgan fingerprint density at radius 2 is 2.00 bits per heavy atom. The van der Waals surface area contributed by atoms with Crippen molar-refractivity contribution in [3.8, 4) is 0 Å². The first-order valence-corrected chi connectivity index (χ1v) is 11.3. The second kappa shape index (κ2) is 6.23. The van der Waals surface area contributed by atoms with Gasteiger partial charge in [-0.2, -0.15) is 0 Å². The van der Waals surface area contributed by atoms with E-state index in [0.717, 1.165) is 6.04 Å². The first kappa shape index (κ1) is 17.3. The zero-order valence-electron chi connectivity index (χ0n) is 13.7. The van der Waals surface area contributed by atoms with Crippen LogP contribution in [-0.4, -0.2) is 62.8 Å². The molecule has 124 valence electrons. The van der Waals surface area contributed by atoms with Crippen LogP contribution in [0.3, 0.4) is 0 Å². The number of aliphatic hydroxyl groups is 1. The van der Waals surface area contributed by atoms with Crippen molar-refractivity contribution in [3.05, 3.63) is 0 Å². The van der Waals surface area contributed by atoms with Crippen molar-refractivity contribution in [2.24, 2.45) is 5.73 Å². The van der Waals surface area contributed by atoms with E-state index in [1.165, 1.54) is 0 Å². The summed E-state index contributed by atoms with van der Waals surface area (Å²) in [6, 6.07) is 0.422. The maximum Gasteiger partial charge on any atom is 0.175 e. The largest absolute Gasteiger partial charge is 0.388 e. The van der Waals surface area contributed by atoms with Crippen molar-refractivity contribution in [2.45, 2.75) is 76.0 Å². The number of aliphatic hydroxyl groups excluding tert-OH is 1. The van der Waals surface area contributed by atoms with Gasteiger partial charge < -0.3 is 29.8 Å². The predicted octanol–water partition coefficient (Wildman–Crippen LogP) is 0.906. The standard InChI is InChI=1S/C14H29NO5Si/c1-14(2)18-8-9-12(20-14)11(16)10(15)13(19-9)17-6-7-21(3,4)5/h9-13,16H,6-8,15H2,1-5H3/t9-,10-,11-,12-,13?/m1/s1. The van der Waals surface area contributed by atoms with Crippen LogP contribution in [0.2, 0.25) is 25.7 Å². The molecule has 0 saturated carbocycles. The molecule has 5 atom stereocenters. The van der Waals surface area contributed by atoms with Gasteiger partial charge in [-0.3, -0.25) is 0 Å². The number of nitrogens with two attached hydrogens (primary N) is 1. The topological polar surface area (TPSA) is 83.2 Å². The van der Waals surface area contributed by atoms with Crippen molar-refractivity contribution >= 4 is 8.07 Å². The summed E-state index contributed by atoms with van der Waals surface area (Å²) in [4.78, 5) is 0. The van der Waals surface area contributed by atoms with Gasteiger partial charge in [0, 0.05) is 14.7 Å². The SMILES string of the molecule is CC1(C)OC[C@H]2OC(OCC[Si](C)(C)C)[C@H](N)[C@@H](O)[C@@H]2O1. The Morgan fingerprint density at radius 1 is 1.33 bits per heavy atom. The summed E-state index contributed by atoms with van der Waals surface area (Å²) in [5.74, 6) is -0.725. The second-order valence-electron chi connectivity index (χ2n) is 7.59. The zero-order valence-corrected chi connectivity index (χ0v) is 14.7. The number of hydrogen-bond donors (Lipinski definition) is 2. The quantitative estimate of drug-likeness (QED) is 0.749. The Hall–Kier alpha value is -0.0231. The van der Waals surface area contributed by atoms with Gasteiger partial charge in [0.2, 0.25) is 0 Å². The van der Waals surface area contributed by atoms with Gasteiger partial charge in [-0.25, -0.2) is 0 Å². The molecule has 2 fully saturated rings. The summed E-state index contributed by atoms with van der Waals surface area (Å²) < 4.78 is 22.9. The fourth-order valence-corrected chi connectivity index (χ4v) is 3.23. The summed E-state index contributed by atoms with van der Waals surface area (Å²) >= 11 is 0. The van der Waals surface area contributed by atoms with Gasteiger partial charge in [0.1, 0.15) is 18.3 Å². The molecule has 2 aliphatic heterocycles. The van der Waals surface area contributed by atoms with Crippen molar-refractivity contribution in [3.63, 3.8) is 0 Å². The van der Waals surface area contributed by atoms with E-state index in [4.69, 9.17) is 24.7 Å². The van der Waals surface area contributed by atoms with Gasteiger partial charge in [-0.05, 0) is 19.9 Å². The summed E-state index contributed by atoms with van der Waals surface area (Å²) in [5.41, 5.74) is 6.06. The van der Waals surface area contributed by atoms with Crippen molar-refractivity contribution in [2.75, 3.05) is 13.2 Å². The van der Waals surface area contributed by atoms with E-state index in [-0.39, 0.29) is 6.10 Å². The van der Waals surface area contributed by atoms with E-state index < -0.39 is 38.4 Å². The molecule has 2 saturated heterocycles. The van der Waals surface area contributed by atoms with E-state index >= 15 is 0 Å². The molecule has 2 aliphatic rings. The minimum Gasteiger partial charge on any atom is -0.388 e. The molecular formula is C14H29NO5Si. The van der Waals surface area contributed by atoms with Crippen LogP contribution in [0.1, 0.15) is 13.8 Å². The summed E-state index contributed by atoms with van der Waals surface area (Å²) in [7, 11) is -1.17. The highest BCUT2D eigenvalue weighted by Crippen LogP contribution is 2.32. The average Bonchev–Trinajstić information content (AvgIpc) is 2.34. The lowest BCUT2D eigenvalue weighted by Crippen LogP contribution is -2.67. The van der Waals surface area contributed by atoms with Crippen LogP contribution in [-0.2, 0) is 18.9 Å². The van der Waals surface area contributed by atoms with Crippen LogP contribution in [0.15, 0.2) is 0 Å². The molecule has 6 nitrogen and oxygen atoms in total. The Bertz CT molecular complexity index is 358. The molecule has 0 aromatic heterocycles. The molecule has 0 amide bonds. The van der Waals surface area contributed by atoms with E-state index in [0.29, 0.717) is 13.2 Å². The molecule has 3 N–H and O–H groups in total. The third-order valence-corrected chi connectivity index (χ3v) is 5.57. The van der Waals surface area contributed by atoms with Crippen LogP contribution < -0.4 is 5.73 Å². The monoisotopic (exact) mass is 319 g/mol. The third kappa shape index (κ3) is 4.48. The van der Waals surface area contributed by atoms with Crippen LogP contribution in [0.4, 0.5) is 0 Å². The van der Waals surface area contributed by atoms with Crippen LogP contribution in [0.25, 0.3) is 0 Å². The first-order valence-electron chi connectivity index (χ1n) is 7.62. The molecule has 0 spiro atoms. The second-order valence-corrected chi connectivity index (χ2v) is 13.2. The fraction of sp³-hybridized carbons (Fsp3) is 1.00. The van der Waals surface area contributed by atoms with Crippen molar-refractivity contribution in [1.82, 2.24) is 0 Å². The predicted molar refractivity (Wildman–Crippen MR) is 81.7 cm³/mol. The Labute approximate surface area is 127 Å². The molecule has 2 heterocycles. The van der Waals surface area contributed by atoms with Gasteiger partial charge >= 0.3 is 0 Å². The Morgan fingerprint density at radius 3 is 2.62 bits per heavy atom. The molecule has 0 aliphatic carbocycles. The zero-order chi connectivity index (χ0) is 15.8. The lowest BCUT2D eigenvalue weighted by Gasteiger charge is -2.49. The molecule has 21 heavy (non-hydrogen) atoms. The molecule has 0 aromatic rings. The average molecular weight is 319 g/mol. The molecule has 2 rings (SSSR count). The molecule has 0 bridgehead atoms. The third-order valence-electron chi connectivity index (χ3n) is 3.87. The van der Waals surface area contributed by atoms with E-state index in [9.17, 15) is 5.11 Å². The molecule has 0 radical (unpaired) electrons. The minimum atomic E-state index is -1.17. The molecule has 7 heteroatoms. The van der Waals surface area contributed by atoms with Gasteiger partial charge in [-0.15, -0.1) is 0 Å². The number of ether oxygens (including phenoxy) is 4. The smallest absolute Gasteiger partial charge is 0.175 e. The highest BCUT2D eigenvalue weighted by atomic mass is 28.3. The normalized spacial score (nSPS) is 39.9. The number of hydrogen-bond acceptors (Lipinski definition) is 6. The maximum atomic E-state index is 10.4. The number of rotatable bonds is 4. The van der Waals surface area contributed by atoms with Gasteiger partial charge in [-0.1, -0.05) is 19.6 Å². The minimum absolute atomic E-state index is 0.343.